The molecule has 1 aromatic heterocycles. The minimum atomic E-state index is -0.617. The summed E-state index contributed by atoms with van der Waals surface area (Å²) in [5, 5.41) is 15.0. The molecule has 2 N–H and O–H groups in total. The van der Waals surface area contributed by atoms with Gasteiger partial charge >= 0.3 is 5.63 Å². The van der Waals surface area contributed by atoms with Gasteiger partial charge in [0, 0.05) is 0 Å². The minimum absolute atomic E-state index is 0.0586. The van der Waals surface area contributed by atoms with Crippen LogP contribution in [0.15, 0.2) is 62.8 Å². The number of para-hydroxylation sites is 1. The number of benzene rings is 2. The van der Waals surface area contributed by atoms with Gasteiger partial charge in [-0.15, -0.1) is 0 Å². The largest absolute Gasteiger partial charge is 0.506 e. The van der Waals surface area contributed by atoms with Crippen molar-refractivity contribution in [1.29, 1.82) is 0 Å². The molecule has 5 nitrogen and oxygen atoms in total. The van der Waals surface area contributed by atoms with E-state index in [-0.39, 0.29) is 11.3 Å². The maximum atomic E-state index is 12.1. The first-order chi connectivity index (χ1) is 11.1. The van der Waals surface area contributed by atoms with Crippen LogP contribution in [0.3, 0.4) is 0 Å². The SMILES string of the molecule is CC(=NNc1ccc(C)cc1)c1c(O)c2ccccc2oc1=O. The molecule has 0 aliphatic rings. The van der Waals surface area contributed by atoms with Gasteiger partial charge in [-0.1, -0.05) is 29.8 Å². The van der Waals surface area contributed by atoms with Gasteiger partial charge in [0.15, 0.2) is 0 Å². The standard InChI is InChI=1S/C18H16N2O3/c1-11-7-9-13(10-8-11)20-19-12(2)16-17(21)14-5-3-4-6-15(14)23-18(16)22/h3-10,20-21H,1-2H3. The van der Waals surface area contributed by atoms with Crippen molar-refractivity contribution >= 4 is 22.4 Å². The summed E-state index contributed by atoms with van der Waals surface area (Å²) >= 11 is 0. The molecule has 3 rings (SSSR count). The second kappa shape index (κ2) is 5.96. The summed E-state index contributed by atoms with van der Waals surface area (Å²) in [5.41, 5.74) is 4.94. The predicted octanol–water partition coefficient (Wildman–Crippen LogP) is 3.64. The molecule has 0 aliphatic heterocycles. The van der Waals surface area contributed by atoms with E-state index in [4.69, 9.17) is 4.42 Å². The van der Waals surface area contributed by atoms with Crippen molar-refractivity contribution in [3.63, 3.8) is 0 Å². The molecule has 0 saturated carbocycles. The molecule has 116 valence electrons. The molecule has 0 amide bonds. The van der Waals surface area contributed by atoms with Gasteiger partial charge in [-0.2, -0.15) is 5.10 Å². The van der Waals surface area contributed by atoms with Crippen LogP contribution in [0.1, 0.15) is 18.1 Å². The lowest BCUT2D eigenvalue weighted by molar-refractivity contribution is 0.466. The molecular formula is C18H16N2O3. The first-order valence-corrected chi connectivity index (χ1v) is 7.18. The van der Waals surface area contributed by atoms with Crippen molar-refractivity contribution in [3.8, 4) is 5.75 Å². The monoisotopic (exact) mass is 308 g/mol. The van der Waals surface area contributed by atoms with E-state index in [2.05, 4.69) is 10.5 Å². The van der Waals surface area contributed by atoms with Crippen LogP contribution in [0.5, 0.6) is 5.75 Å². The first-order valence-electron chi connectivity index (χ1n) is 7.18. The van der Waals surface area contributed by atoms with E-state index in [1.807, 2.05) is 31.2 Å². The highest BCUT2D eigenvalue weighted by Crippen LogP contribution is 2.26. The number of hydrogen-bond donors (Lipinski definition) is 2. The molecule has 1 heterocycles. The van der Waals surface area contributed by atoms with Crippen molar-refractivity contribution in [2.75, 3.05) is 5.43 Å². The Kier molecular flexibility index (Phi) is 3.85. The van der Waals surface area contributed by atoms with E-state index in [1.54, 1.807) is 31.2 Å². The van der Waals surface area contributed by atoms with Crippen LogP contribution >= 0.6 is 0 Å². The molecular weight excluding hydrogens is 292 g/mol. The van der Waals surface area contributed by atoms with Crippen LogP contribution in [0, 0.1) is 6.92 Å². The van der Waals surface area contributed by atoms with Gasteiger partial charge in [0.2, 0.25) is 0 Å². The Balaban J connectivity index is 2.00. The molecule has 0 spiro atoms. The van der Waals surface area contributed by atoms with E-state index in [9.17, 15) is 9.90 Å². The Morgan fingerprint density at radius 3 is 2.57 bits per heavy atom. The van der Waals surface area contributed by atoms with Crippen molar-refractivity contribution in [2.45, 2.75) is 13.8 Å². The average molecular weight is 308 g/mol. The van der Waals surface area contributed by atoms with Gasteiger partial charge in [0.25, 0.3) is 0 Å². The number of hydrazone groups is 1. The van der Waals surface area contributed by atoms with Crippen molar-refractivity contribution in [3.05, 3.63) is 70.1 Å². The van der Waals surface area contributed by atoms with Crippen molar-refractivity contribution in [1.82, 2.24) is 0 Å². The fourth-order valence-electron chi connectivity index (χ4n) is 2.28. The average Bonchev–Trinajstić information content (AvgIpc) is 2.54. The zero-order valence-electron chi connectivity index (χ0n) is 12.8. The lowest BCUT2D eigenvalue weighted by Gasteiger charge is -2.07. The fraction of sp³-hybridized carbons (Fsp3) is 0.111. The molecule has 2 aromatic carbocycles. The van der Waals surface area contributed by atoms with Gasteiger partial charge in [0.05, 0.1) is 16.8 Å². The second-order valence-corrected chi connectivity index (χ2v) is 5.28. The van der Waals surface area contributed by atoms with Crippen LogP contribution in [0.2, 0.25) is 0 Å². The Labute approximate surface area is 132 Å². The Morgan fingerprint density at radius 2 is 1.83 bits per heavy atom. The van der Waals surface area contributed by atoms with E-state index in [0.717, 1.165) is 11.3 Å². The summed E-state index contributed by atoms with van der Waals surface area (Å²) in [7, 11) is 0. The van der Waals surface area contributed by atoms with Gasteiger partial charge in [0.1, 0.15) is 16.9 Å². The molecule has 5 heteroatoms. The zero-order chi connectivity index (χ0) is 16.4. The molecule has 0 aliphatic carbocycles. The predicted molar refractivity (Wildman–Crippen MR) is 91.2 cm³/mol. The molecule has 23 heavy (non-hydrogen) atoms. The van der Waals surface area contributed by atoms with Crippen LogP contribution in [0.4, 0.5) is 5.69 Å². The number of rotatable bonds is 3. The molecule has 0 fully saturated rings. The zero-order valence-corrected chi connectivity index (χ0v) is 12.8. The first kappa shape index (κ1) is 14.8. The van der Waals surface area contributed by atoms with Crippen LogP contribution < -0.4 is 11.1 Å². The van der Waals surface area contributed by atoms with E-state index in [1.165, 1.54) is 0 Å². The number of hydrogen-bond acceptors (Lipinski definition) is 5. The lowest BCUT2D eigenvalue weighted by atomic mass is 10.1. The Hall–Kier alpha value is -3.08. The number of nitrogens with zero attached hydrogens (tertiary/aromatic N) is 1. The summed E-state index contributed by atoms with van der Waals surface area (Å²) < 4.78 is 5.24. The summed E-state index contributed by atoms with van der Waals surface area (Å²) in [6, 6.07) is 14.5. The van der Waals surface area contributed by atoms with Gasteiger partial charge in [-0.05, 0) is 38.1 Å². The highest BCUT2D eigenvalue weighted by atomic mass is 16.4. The fourth-order valence-corrected chi connectivity index (χ4v) is 2.28. The van der Waals surface area contributed by atoms with E-state index in [0.29, 0.717) is 16.7 Å². The number of fused-ring (bicyclic) bond motifs is 1. The summed E-state index contributed by atoms with van der Waals surface area (Å²) in [5.74, 6) is -0.121. The molecule has 0 saturated heterocycles. The van der Waals surface area contributed by atoms with Crippen LogP contribution in [-0.2, 0) is 0 Å². The number of anilines is 1. The summed E-state index contributed by atoms with van der Waals surface area (Å²) in [6.45, 7) is 3.64. The maximum absolute atomic E-state index is 12.1. The van der Waals surface area contributed by atoms with Gasteiger partial charge < -0.3 is 9.52 Å². The summed E-state index contributed by atoms with van der Waals surface area (Å²) in [4.78, 5) is 12.1. The van der Waals surface area contributed by atoms with Crippen molar-refractivity contribution in [2.24, 2.45) is 5.10 Å². The topological polar surface area (TPSA) is 74.8 Å². The number of aromatic hydroxyl groups is 1. The van der Waals surface area contributed by atoms with Crippen LogP contribution in [-0.4, -0.2) is 10.8 Å². The Bertz CT molecular complexity index is 941. The summed E-state index contributed by atoms with van der Waals surface area (Å²) in [6.07, 6.45) is 0. The Morgan fingerprint density at radius 1 is 1.13 bits per heavy atom. The third kappa shape index (κ3) is 2.94. The molecule has 0 bridgehead atoms. The van der Waals surface area contributed by atoms with Crippen LogP contribution in [0.25, 0.3) is 11.0 Å². The highest BCUT2D eigenvalue weighted by Gasteiger charge is 2.16. The molecule has 0 atom stereocenters. The second-order valence-electron chi connectivity index (χ2n) is 5.28. The van der Waals surface area contributed by atoms with Gasteiger partial charge in [-0.3, -0.25) is 5.43 Å². The third-order valence-electron chi connectivity index (χ3n) is 3.55. The van der Waals surface area contributed by atoms with Crippen molar-refractivity contribution < 1.29 is 9.52 Å². The molecule has 3 aromatic rings. The van der Waals surface area contributed by atoms with E-state index >= 15 is 0 Å². The third-order valence-corrected chi connectivity index (χ3v) is 3.55. The highest BCUT2D eigenvalue weighted by molar-refractivity contribution is 6.04. The quantitative estimate of drug-likeness (QED) is 0.440. The number of nitrogens with one attached hydrogen (secondary N) is 1. The smallest absolute Gasteiger partial charge is 0.349 e. The number of aryl methyl sites for hydroxylation is 1. The van der Waals surface area contributed by atoms with E-state index < -0.39 is 5.63 Å². The maximum Gasteiger partial charge on any atom is 0.349 e. The molecule has 0 radical (unpaired) electrons. The minimum Gasteiger partial charge on any atom is -0.506 e. The molecule has 0 unspecified atom stereocenters. The normalized spacial score (nSPS) is 11.7. The lowest BCUT2D eigenvalue weighted by Crippen LogP contribution is -2.14. The van der Waals surface area contributed by atoms with Gasteiger partial charge in [-0.25, -0.2) is 4.79 Å².